The minimum absolute atomic E-state index is 0.0103. The first-order chi connectivity index (χ1) is 26.8. The number of amides is 2. The Morgan fingerprint density at radius 3 is 2.39 bits per heavy atom. The zero-order chi connectivity index (χ0) is 40.0. The molecule has 56 heavy (non-hydrogen) atoms. The molecule has 6 rings (SSSR count). The van der Waals surface area contributed by atoms with Gasteiger partial charge in [0.05, 0.1) is 32.2 Å². The lowest BCUT2D eigenvalue weighted by molar-refractivity contribution is -0.153. The van der Waals surface area contributed by atoms with Crippen molar-refractivity contribution in [3.63, 3.8) is 0 Å². The van der Waals surface area contributed by atoms with E-state index in [-0.39, 0.29) is 25.2 Å². The van der Waals surface area contributed by atoms with Crippen LogP contribution in [0.3, 0.4) is 0 Å². The van der Waals surface area contributed by atoms with Crippen LogP contribution in [0.2, 0.25) is 0 Å². The van der Waals surface area contributed by atoms with Gasteiger partial charge in [-0.05, 0) is 94.0 Å². The fraction of sp³-hybridized carbons (Fsp3) is 0.452. The van der Waals surface area contributed by atoms with Crippen molar-refractivity contribution >= 4 is 58.3 Å². The number of fused-ring (bicyclic) bond motifs is 2. The van der Waals surface area contributed by atoms with Crippen molar-refractivity contribution in [3.05, 3.63) is 76.4 Å². The van der Waals surface area contributed by atoms with E-state index in [1.165, 1.54) is 18.2 Å². The number of hydrogen-bond donors (Lipinski definition) is 1. The van der Waals surface area contributed by atoms with E-state index in [2.05, 4.69) is 5.32 Å². The Morgan fingerprint density at radius 1 is 1.02 bits per heavy atom. The average Bonchev–Trinajstić information content (AvgIpc) is 3.96. The molecular formula is C42H48N2O10S2. The Hall–Kier alpha value is -4.82. The molecular weight excluding hydrogens is 757 g/mol. The molecule has 298 valence electrons. The summed E-state index contributed by atoms with van der Waals surface area (Å²) in [6.45, 7) is 5.04. The van der Waals surface area contributed by atoms with Crippen LogP contribution in [0.25, 0.3) is 17.4 Å². The van der Waals surface area contributed by atoms with Gasteiger partial charge in [0.25, 0.3) is 5.91 Å². The van der Waals surface area contributed by atoms with Gasteiger partial charge in [-0.1, -0.05) is 60.7 Å². The van der Waals surface area contributed by atoms with Gasteiger partial charge in [-0.3, -0.25) is 14.5 Å². The maximum Gasteiger partial charge on any atom is 0.408 e. The highest BCUT2D eigenvalue weighted by atomic mass is 32.2. The van der Waals surface area contributed by atoms with Gasteiger partial charge in [0.2, 0.25) is 0 Å². The summed E-state index contributed by atoms with van der Waals surface area (Å²) in [7, 11) is 3.14. The summed E-state index contributed by atoms with van der Waals surface area (Å²) < 4.78 is 34.2. The van der Waals surface area contributed by atoms with Crippen LogP contribution >= 0.6 is 24.0 Å². The third-order valence-corrected chi connectivity index (χ3v) is 11.3. The molecule has 2 amide bonds. The van der Waals surface area contributed by atoms with Crippen LogP contribution in [0.15, 0.2) is 63.9 Å². The second kappa shape index (κ2) is 18.0. The van der Waals surface area contributed by atoms with Gasteiger partial charge in [0.15, 0.2) is 0 Å². The number of methoxy groups -OCH3 is 2. The van der Waals surface area contributed by atoms with E-state index in [4.69, 9.17) is 40.3 Å². The monoisotopic (exact) mass is 804 g/mol. The van der Waals surface area contributed by atoms with Gasteiger partial charge in [-0.2, -0.15) is 0 Å². The van der Waals surface area contributed by atoms with Crippen molar-refractivity contribution in [2.45, 2.75) is 90.0 Å². The highest BCUT2D eigenvalue weighted by Gasteiger charge is 2.48. The van der Waals surface area contributed by atoms with Crippen molar-refractivity contribution in [2.75, 3.05) is 20.8 Å². The maximum absolute atomic E-state index is 13.8. The molecule has 1 N–H and O–H groups in total. The minimum atomic E-state index is -1.33. The third kappa shape index (κ3) is 10.3. The molecule has 2 heterocycles. The number of benzene rings is 2. The predicted octanol–water partition coefficient (Wildman–Crippen LogP) is 7.86. The molecule has 0 spiro atoms. The minimum Gasteiger partial charge on any atom is -0.497 e. The van der Waals surface area contributed by atoms with E-state index >= 15 is 0 Å². The molecule has 12 nitrogen and oxygen atoms in total. The largest absolute Gasteiger partial charge is 0.497 e. The Morgan fingerprint density at radius 2 is 1.75 bits per heavy atom. The fourth-order valence-electron chi connectivity index (χ4n) is 7.41. The number of thioether (sulfide) groups is 1. The van der Waals surface area contributed by atoms with Crippen molar-refractivity contribution in [3.8, 4) is 22.8 Å². The van der Waals surface area contributed by atoms with Crippen LogP contribution in [0.1, 0.15) is 76.2 Å². The van der Waals surface area contributed by atoms with Crippen LogP contribution in [-0.4, -0.2) is 71.7 Å². The number of nitrogens with one attached hydrogen (secondary N) is 1. The number of nitrogens with zero attached hydrogens (tertiary/aromatic N) is 1. The lowest BCUT2D eigenvalue weighted by Gasteiger charge is -2.30. The summed E-state index contributed by atoms with van der Waals surface area (Å²) in [5.74, 6) is 1.74. The molecule has 1 saturated heterocycles. The van der Waals surface area contributed by atoms with Gasteiger partial charge in [0.1, 0.15) is 45.6 Å². The number of rotatable bonds is 15. The smallest absolute Gasteiger partial charge is 0.408 e. The van der Waals surface area contributed by atoms with Crippen LogP contribution in [-0.2, 0) is 41.6 Å². The molecule has 2 bridgehead atoms. The summed E-state index contributed by atoms with van der Waals surface area (Å²) in [5.41, 5.74) is 1.43. The third-order valence-electron chi connectivity index (χ3n) is 10.0. The second-order valence-electron chi connectivity index (χ2n) is 15.2. The van der Waals surface area contributed by atoms with Crippen LogP contribution in [0.5, 0.6) is 11.5 Å². The highest BCUT2D eigenvalue weighted by molar-refractivity contribution is 8.26. The zero-order valence-corrected chi connectivity index (χ0v) is 33.9. The molecule has 3 fully saturated rings. The maximum atomic E-state index is 13.8. The first-order valence-corrected chi connectivity index (χ1v) is 20.0. The number of furan rings is 1. The number of ether oxygens (including phenoxy) is 5. The van der Waals surface area contributed by atoms with E-state index in [0.29, 0.717) is 62.5 Å². The van der Waals surface area contributed by atoms with E-state index in [1.807, 2.05) is 41.3 Å². The van der Waals surface area contributed by atoms with Crippen LogP contribution in [0.4, 0.5) is 4.79 Å². The molecule has 0 radical (unpaired) electrons. The van der Waals surface area contributed by atoms with Crippen molar-refractivity contribution in [1.82, 2.24) is 10.2 Å². The quantitative estimate of drug-likeness (QED) is 0.0526. The molecule has 1 aromatic heterocycles. The Labute approximate surface area is 336 Å². The Bertz CT molecular complexity index is 1950. The Kier molecular flexibility index (Phi) is 13.1. The standard InChI is InChI=1S/C42H48N2O10S2/c1-42(2,3)54-40(48)43-32(39(47)52-24-25-10-7-6-8-11-25)22-37(45)51-15-9-12-28-20-34(29-18-30(49-4)21-31(19-29)50-5)53-35(28)23-36-38(46)44(41(55)56-36)33-17-26-13-14-27(33)16-26/h6-8,10-11,18-21,23,26-27,32-33H,9,12-17,22,24H2,1-5H3,(H,43,48)/b36-23-/t26?,27?,32-,33?/m1/s1. The normalized spacial score (nSPS) is 20.3. The summed E-state index contributed by atoms with van der Waals surface area (Å²) in [6, 6.07) is 15.2. The number of esters is 2. The molecule has 3 aromatic rings. The lowest BCUT2D eigenvalue weighted by atomic mass is 9.94. The number of alkyl carbamates (subject to hydrolysis) is 1. The predicted molar refractivity (Wildman–Crippen MR) is 215 cm³/mol. The molecule has 14 heteroatoms. The lowest BCUT2D eigenvalue weighted by Crippen LogP contribution is -2.45. The van der Waals surface area contributed by atoms with E-state index in [1.54, 1.807) is 59.3 Å². The van der Waals surface area contributed by atoms with Gasteiger partial charge in [-0.25, -0.2) is 9.59 Å². The SMILES string of the molecule is COc1cc(OC)cc(-c2cc(CCCOC(=O)C[C@@H](NC(=O)OC(C)(C)C)C(=O)OCc3ccccc3)c(/C=C3\SC(=S)N(C4CC5CCC4C5)C3=O)o2)c1. The van der Waals surface area contributed by atoms with Crippen LogP contribution < -0.4 is 14.8 Å². The van der Waals surface area contributed by atoms with Gasteiger partial charge in [0, 0.05) is 23.7 Å². The molecule has 1 aliphatic heterocycles. The number of carbonyl (C=O) groups excluding carboxylic acids is 4. The highest BCUT2D eigenvalue weighted by Crippen LogP contribution is 2.49. The second-order valence-corrected chi connectivity index (χ2v) is 16.9. The number of hydrogen-bond acceptors (Lipinski definition) is 12. The first kappa shape index (κ1) is 40.8. The number of aryl methyl sites for hydroxylation is 1. The van der Waals surface area contributed by atoms with Crippen molar-refractivity contribution in [1.29, 1.82) is 0 Å². The van der Waals surface area contributed by atoms with Crippen molar-refractivity contribution < 1.29 is 47.3 Å². The van der Waals surface area contributed by atoms with Crippen LogP contribution in [0, 0.1) is 11.8 Å². The van der Waals surface area contributed by atoms with Gasteiger partial charge < -0.3 is 33.4 Å². The molecule has 4 atom stereocenters. The molecule has 2 aromatic carbocycles. The molecule has 3 aliphatic rings. The van der Waals surface area contributed by atoms with E-state index in [9.17, 15) is 19.2 Å². The zero-order valence-electron chi connectivity index (χ0n) is 32.3. The van der Waals surface area contributed by atoms with Gasteiger partial charge in [-0.15, -0.1) is 0 Å². The molecule has 2 aliphatic carbocycles. The summed E-state index contributed by atoms with van der Waals surface area (Å²) in [6.07, 6.45) is 5.74. The molecule has 2 saturated carbocycles. The fourth-order valence-corrected chi connectivity index (χ4v) is 8.76. The van der Waals surface area contributed by atoms with Gasteiger partial charge >= 0.3 is 18.0 Å². The Balaban J connectivity index is 1.14. The summed E-state index contributed by atoms with van der Waals surface area (Å²) in [4.78, 5) is 54.8. The summed E-state index contributed by atoms with van der Waals surface area (Å²) in [5, 5.41) is 2.45. The topological polar surface area (TPSA) is 143 Å². The van der Waals surface area contributed by atoms with E-state index in [0.717, 1.165) is 30.4 Å². The number of thiocarbonyl (C=S) groups is 1. The molecule has 3 unspecified atom stereocenters. The van der Waals surface area contributed by atoms with Crippen molar-refractivity contribution in [2.24, 2.45) is 11.8 Å². The first-order valence-electron chi connectivity index (χ1n) is 18.8. The summed E-state index contributed by atoms with van der Waals surface area (Å²) >= 11 is 7.02. The number of carbonyl (C=O) groups is 4. The average molecular weight is 805 g/mol. The van der Waals surface area contributed by atoms with E-state index < -0.39 is 36.1 Å².